The Morgan fingerprint density at radius 3 is 1.65 bits per heavy atom. The fourth-order valence-electron chi connectivity index (χ4n) is 2.61. The predicted octanol–water partition coefficient (Wildman–Crippen LogP) is 6.28. The third-order valence-electron chi connectivity index (χ3n) is 4.29. The molecule has 0 saturated carbocycles. The molecule has 4 aromatic rings. The molecule has 0 saturated heterocycles. The molecule has 0 aliphatic rings. The van der Waals surface area contributed by atoms with Gasteiger partial charge >= 0.3 is 7.12 Å². The Kier molecular flexibility index (Phi) is 12.0. The Morgan fingerprint density at radius 1 is 0.647 bits per heavy atom. The van der Waals surface area contributed by atoms with Crippen LogP contribution in [0.15, 0.2) is 106 Å². The van der Waals surface area contributed by atoms with E-state index in [0.717, 1.165) is 20.1 Å². The maximum atomic E-state index is 8.80. The molecule has 0 aliphatic carbocycles. The van der Waals surface area contributed by atoms with Crippen LogP contribution >= 0.6 is 54.5 Å². The van der Waals surface area contributed by atoms with E-state index in [2.05, 4.69) is 72.7 Å². The van der Waals surface area contributed by atoms with E-state index in [-0.39, 0.29) is 0 Å². The second-order valence-corrected chi connectivity index (χ2v) is 9.82. The zero-order chi connectivity index (χ0) is 24.9. The van der Waals surface area contributed by atoms with Crippen LogP contribution < -0.4 is 5.46 Å². The number of nitriles is 2. The van der Waals surface area contributed by atoms with E-state index >= 15 is 0 Å². The van der Waals surface area contributed by atoms with Gasteiger partial charge in [0.1, 0.15) is 0 Å². The first-order valence-electron chi connectivity index (χ1n) is 9.85. The van der Waals surface area contributed by atoms with Crippen LogP contribution in [0, 0.1) is 26.2 Å². The van der Waals surface area contributed by atoms with Gasteiger partial charge in [0.2, 0.25) is 0 Å². The van der Waals surface area contributed by atoms with Gasteiger partial charge in [0.25, 0.3) is 0 Å². The van der Waals surface area contributed by atoms with Crippen LogP contribution in [-0.2, 0) is 0 Å². The molecule has 0 bridgehead atoms. The highest BCUT2D eigenvalue weighted by molar-refractivity contribution is 14.1. The minimum absolute atomic E-state index is 0.337. The van der Waals surface area contributed by atoms with E-state index in [1.807, 2.05) is 66.7 Å². The highest BCUT2D eigenvalue weighted by Gasteiger charge is 2.09. The molecule has 0 heterocycles. The lowest BCUT2D eigenvalue weighted by atomic mass is 9.80. The Morgan fingerprint density at radius 2 is 1.15 bits per heavy atom. The Bertz CT molecular complexity index is 1260. The minimum Gasteiger partial charge on any atom is -0.423 e. The summed E-state index contributed by atoms with van der Waals surface area (Å²) in [5, 5.41) is 34.6. The lowest BCUT2D eigenvalue weighted by Gasteiger charge is -2.01. The summed E-state index contributed by atoms with van der Waals surface area (Å²) in [5.41, 5.74) is 3.65. The molecular weight excluding hydrogens is 670 g/mol. The molecule has 8 heteroatoms. The van der Waals surface area contributed by atoms with Crippen molar-refractivity contribution in [3.05, 3.63) is 121 Å². The van der Waals surface area contributed by atoms with Gasteiger partial charge in [-0.25, -0.2) is 0 Å². The van der Waals surface area contributed by atoms with Gasteiger partial charge in [-0.05, 0) is 99.8 Å². The predicted molar refractivity (Wildman–Crippen MR) is 152 cm³/mol. The van der Waals surface area contributed by atoms with Crippen molar-refractivity contribution in [2.24, 2.45) is 0 Å². The summed E-state index contributed by atoms with van der Waals surface area (Å²) in [5.74, 6) is 0. The zero-order valence-corrected chi connectivity index (χ0v) is 23.1. The summed E-state index contributed by atoms with van der Waals surface area (Å²) >= 11 is 9.01. The van der Waals surface area contributed by atoms with Crippen LogP contribution in [-0.4, -0.2) is 17.2 Å². The normalized spacial score (nSPS) is 9.26. The highest BCUT2D eigenvalue weighted by Crippen LogP contribution is 2.22. The Balaban J connectivity index is 0.000000190. The molecule has 4 rings (SSSR count). The van der Waals surface area contributed by atoms with Gasteiger partial charge in [-0.1, -0.05) is 68.3 Å². The maximum Gasteiger partial charge on any atom is 0.488 e. The van der Waals surface area contributed by atoms with Gasteiger partial charge in [0.05, 0.1) is 23.3 Å². The third-order valence-corrected chi connectivity index (χ3v) is 6.06. The molecule has 34 heavy (non-hydrogen) atoms. The molecule has 4 aromatic carbocycles. The van der Waals surface area contributed by atoms with Crippen LogP contribution in [0.3, 0.4) is 0 Å². The van der Waals surface area contributed by atoms with Crippen LogP contribution in [0.25, 0.3) is 11.1 Å². The number of nitrogens with zero attached hydrogens (tertiary/aromatic N) is 2. The fraction of sp³-hybridized carbons (Fsp3) is 0. The lowest BCUT2D eigenvalue weighted by molar-refractivity contribution is 0.426. The molecule has 0 fully saturated rings. The molecule has 168 valence electrons. The summed E-state index contributed by atoms with van der Waals surface area (Å²) in [6.45, 7) is 0. The summed E-state index contributed by atoms with van der Waals surface area (Å²) in [6.07, 6.45) is 0. The number of rotatable bonds is 2. The van der Waals surface area contributed by atoms with E-state index < -0.39 is 7.12 Å². The van der Waals surface area contributed by atoms with Gasteiger partial charge in [-0.15, -0.1) is 0 Å². The standard InChI is InChI=1S/C13H8BrN.C7H6BNO2.C6H4BrI/c14-13-6-4-11(5-7-13)12-3-1-2-10(8-12)9-15;9-5-6-2-1-3-7(4-6)8(10)11;7-5-1-3-6(8)4-2-5/h1-8H;1-4,10-11H;1-4H. The average Bonchev–Trinajstić information content (AvgIpc) is 2.87. The Hall–Kier alpha value is -2.47. The molecule has 4 nitrogen and oxygen atoms in total. The average molecular weight is 688 g/mol. The molecule has 0 aromatic heterocycles. The summed E-state index contributed by atoms with van der Waals surface area (Å²) in [7, 11) is -1.50. The molecule has 0 unspecified atom stereocenters. The van der Waals surface area contributed by atoms with Crippen molar-refractivity contribution in [1.82, 2.24) is 0 Å². The molecule has 0 amide bonds. The van der Waals surface area contributed by atoms with E-state index in [1.54, 1.807) is 18.2 Å². The number of halogens is 3. The Labute approximate surface area is 230 Å². The summed E-state index contributed by atoms with van der Waals surface area (Å²) < 4.78 is 3.46. The van der Waals surface area contributed by atoms with Crippen LogP contribution in [0.4, 0.5) is 0 Å². The van der Waals surface area contributed by atoms with Crippen molar-refractivity contribution in [3.8, 4) is 23.3 Å². The van der Waals surface area contributed by atoms with Crippen molar-refractivity contribution >= 4 is 67.0 Å². The summed E-state index contributed by atoms with van der Waals surface area (Å²) in [6, 6.07) is 34.1. The van der Waals surface area contributed by atoms with E-state index in [1.165, 1.54) is 9.64 Å². The fourth-order valence-corrected chi connectivity index (χ4v) is 3.50. The quantitative estimate of drug-likeness (QED) is 0.192. The first-order valence-corrected chi connectivity index (χ1v) is 12.5. The smallest absolute Gasteiger partial charge is 0.423 e. The number of hydrogen-bond donors (Lipinski definition) is 2. The van der Waals surface area contributed by atoms with Gasteiger partial charge in [-0.3, -0.25) is 0 Å². The van der Waals surface area contributed by atoms with E-state index in [0.29, 0.717) is 16.6 Å². The SMILES string of the molecule is Brc1ccc(I)cc1.N#Cc1cccc(-c2ccc(Br)cc2)c1.N#Cc1cccc(B(O)O)c1. The van der Waals surface area contributed by atoms with E-state index in [4.69, 9.17) is 20.6 Å². The molecule has 0 aliphatic heterocycles. The molecule has 0 spiro atoms. The lowest BCUT2D eigenvalue weighted by Crippen LogP contribution is -2.29. The number of benzene rings is 4. The summed E-state index contributed by atoms with van der Waals surface area (Å²) in [4.78, 5) is 0. The van der Waals surface area contributed by atoms with Crippen molar-refractivity contribution in [2.45, 2.75) is 0 Å². The van der Waals surface area contributed by atoms with Gasteiger partial charge < -0.3 is 10.0 Å². The molecule has 2 N–H and O–H groups in total. The monoisotopic (exact) mass is 686 g/mol. The number of hydrogen-bond acceptors (Lipinski definition) is 4. The first-order chi connectivity index (χ1) is 16.3. The van der Waals surface area contributed by atoms with Crippen LogP contribution in [0.2, 0.25) is 0 Å². The largest absolute Gasteiger partial charge is 0.488 e. The van der Waals surface area contributed by atoms with Gasteiger partial charge in [0, 0.05) is 12.5 Å². The van der Waals surface area contributed by atoms with Crippen LogP contribution in [0.5, 0.6) is 0 Å². The third kappa shape index (κ3) is 9.80. The minimum atomic E-state index is -1.50. The molecule has 0 atom stereocenters. The molecular formula is C26H18BBr2IN2O2. The second kappa shape index (κ2) is 14.7. The topological polar surface area (TPSA) is 88.0 Å². The first kappa shape index (κ1) is 27.8. The van der Waals surface area contributed by atoms with Crippen molar-refractivity contribution < 1.29 is 10.0 Å². The maximum absolute atomic E-state index is 8.80. The van der Waals surface area contributed by atoms with Crippen molar-refractivity contribution in [2.75, 3.05) is 0 Å². The van der Waals surface area contributed by atoms with Crippen molar-refractivity contribution in [3.63, 3.8) is 0 Å². The van der Waals surface area contributed by atoms with Crippen LogP contribution in [0.1, 0.15) is 11.1 Å². The van der Waals surface area contributed by atoms with Crippen molar-refractivity contribution in [1.29, 1.82) is 10.5 Å². The van der Waals surface area contributed by atoms with Gasteiger partial charge in [-0.2, -0.15) is 10.5 Å². The van der Waals surface area contributed by atoms with Gasteiger partial charge in [0.15, 0.2) is 0 Å². The zero-order valence-electron chi connectivity index (χ0n) is 17.7. The second-order valence-electron chi connectivity index (χ2n) is 6.75. The molecule has 0 radical (unpaired) electrons. The van der Waals surface area contributed by atoms with E-state index in [9.17, 15) is 0 Å². The highest BCUT2D eigenvalue weighted by atomic mass is 127.